The number of hydrogen-bond acceptors (Lipinski definition) is 1. The van der Waals surface area contributed by atoms with Crippen LogP contribution in [0, 0.1) is 6.92 Å². The van der Waals surface area contributed by atoms with Gasteiger partial charge in [-0.05, 0) is 18.9 Å². The molecule has 0 spiro atoms. The molecule has 0 aliphatic rings. The molecule has 1 rings (SSSR count). The molecule has 0 atom stereocenters. The third-order valence-corrected chi connectivity index (χ3v) is 2.58. The summed E-state index contributed by atoms with van der Waals surface area (Å²) in [6.07, 6.45) is 4.73. The lowest BCUT2D eigenvalue weighted by atomic mass is 10.0. The van der Waals surface area contributed by atoms with E-state index >= 15 is 0 Å². The van der Waals surface area contributed by atoms with E-state index in [9.17, 15) is 4.79 Å². The number of unbranched alkanes of at least 4 members (excludes halogenated alkanes) is 2. The minimum Gasteiger partial charge on any atom is -0.299 e. The Morgan fingerprint density at radius 2 is 1.80 bits per heavy atom. The Bertz CT molecular complexity index is 298. The van der Waals surface area contributed by atoms with Gasteiger partial charge in [0, 0.05) is 12.8 Å². The Morgan fingerprint density at radius 1 is 1.13 bits per heavy atom. The van der Waals surface area contributed by atoms with Crippen LogP contribution in [0.1, 0.15) is 43.7 Å². The van der Waals surface area contributed by atoms with Crippen molar-refractivity contribution in [2.24, 2.45) is 0 Å². The van der Waals surface area contributed by atoms with Gasteiger partial charge in [0.2, 0.25) is 0 Å². The number of hydrogen-bond donors (Lipinski definition) is 0. The van der Waals surface area contributed by atoms with Crippen LogP contribution in [-0.2, 0) is 11.2 Å². The number of aryl methyl sites for hydroxylation is 1. The summed E-state index contributed by atoms with van der Waals surface area (Å²) < 4.78 is 0. The minimum atomic E-state index is 0.368. The predicted molar refractivity (Wildman–Crippen MR) is 64.0 cm³/mol. The first kappa shape index (κ1) is 12.0. The van der Waals surface area contributed by atoms with Gasteiger partial charge in [0.25, 0.3) is 0 Å². The van der Waals surface area contributed by atoms with E-state index in [0.29, 0.717) is 12.2 Å². The van der Waals surface area contributed by atoms with E-state index in [0.717, 1.165) is 18.4 Å². The van der Waals surface area contributed by atoms with E-state index in [2.05, 4.69) is 26.0 Å². The molecule has 0 N–H and O–H groups in total. The van der Waals surface area contributed by atoms with Gasteiger partial charge in [0.1, 0.15) is 5.78 Å². The largest absolute Gasteiger partial charge is 0.299 e. The van der Waals surface area contributed by atoms with Gasteiger partial charge in [-0.3, -0.25) is 4.79 Å². The van der Waals surface area contributed by atoms with Crippen molar-refractivity contribution in [3.8, 4) is 0 Å². The lowest BCUT2D eigenvalue weighted by Crippen LogP contribution is -2.02. The van der Waals surface area contributed by atoms with Crippen LogP contribution in [0.25, 0.3) is 0 Å². The molecular weight excluding hydrogens is 184 g/mol. The van der Waals surface area contributed by atoms with Gasteiger partial charge in [-0.2, -0.15) is 0 Å². The van der Waals surface area contributed by atoms with Crippen molar-refractivity contribution in [2.75, 3.05) is 0 Å². The molecule has 0 bridgehead atoms. The van der Waals surface area contributed by atoms with Crippen LogP contribution >= 0.6 is 0 Å². The van der Waals surface area contributed by atoms with Crippen LogP contribution < -0.4 is 0 Å². The van der Waals surface area contributed by atoms with E-state index in [1.807, 2.05) is 12.1 Å². The highest BCUT2D eigenvalue weighted by Gasteiger charge is 2.02. The van der Waals surface area contributed by atoms with E-state index in [4.69, 9.17) is 0 Å². The topological polar surface area (TPSA) is 17.1 Å². The highest BCUT2D eigenvalue weighted by Crippen LogP contribution is 2.07. The van der Waals surface area contributed by atoms with E-state index in [1.165, 1.54) is 18.4 Å². The smallest absolute Gasteiger partial charge is 0.137 e. The lowest BCUT2D eigenvalue weighted by molar-refractivity contribution is -0.118. The quantitative estimate of drug-likeness (QED) is 0.646. The number of ketones is 1. The average Bonchev–Trinajstić information content (AvgIpc) is 2.22. The Balaban J connectivity index is 2.34. The molecular formula is C14H20O. The summed E-state index contributed by atoms with van der Waals surface area (Å²) in [5.41, 5.74) is 2.39. The van der Waals surface area contributed by atoms with E-state index < -0.39 is 0 Å². The maximum Gasteiger partial charge on any atom is 0.137 e. The van der Waals surface area contributed by atoms with Crippen molar-refractivity contribution >= 4 is 5.78 Å². The molecule has 0 heterocycles. The van der Waals surface area contributed by atoms with Gasteiger partial charge in [-0.1, -0.05) is 49.6 Å². The average molecular weight is 204 g/mol. The first-order valence-electron chi connectivity index (χ1n) is 5.79. The zero-order valence-electron chi connectivity index (χ0n) is 9.75. The molecule has 0 aliphatic heterocycles. The third-order valence-electron chi connectivity index (χ3n) is 2.58. The number of rotatable bonds is 6. The van der Waals surface area contributed by atoms with Crippen molar-refractivity contribution in [2.45, 2.75) is 46.0 Å². The van der Waals surface area contributed by atoms with Crippen molar-refractivity contribution in [3.05, 3.63) is 35.4 Å². The van der Waals surface area contributed by atoms with Crippen LogP contribution in [-0.4, -0.2) is 5.78 Å². The standard InChI is InChI=1S/C14H20O/c1-3-4-5-6-14(15)11-13-9-7-12(2)8-10-13/h7-10H,3-6,11H2,1-2H3. The fraction of sp³-hybridized carbons (Fsp3) is 0.500. The predicted octanol–water partition coefficient (Wildman–Crippen LogP) is 3.69. The molecule has 82 valence electrons. The zero-order valence-corrected chi connectivity index (χ0v) is 9.75. The highest BCUT2D eigenvalue weighted by atomic mass is 16.1. The molecule has 1 heteroatoms. The van der Waals surface area contributed by atoms with Gasteiger partial charge in [0.05, 0.1) is 0 Å². The Morgan fingerprint density at radius 3 is 2.40 bits per heavy atom. The van der Waals surface area contributed by atoms with Crippen molar-refractivity contribution in [1.82, 2.24) is 0 Å². The third kappa shape index (κ3) is 4.78. The maximum absolute atomic E-state index is 11.6. The zero-order chi connectivity index (χ0) is 11.1. The van der Waals surface area contributed by atoms with Crippen molar-refractivity contribution in [3.63, 3.8) is 0 Å². The van der Waals surface area contributed by atoms with Gasteiger partial charge in [0.15, 0.2) is 0 Å². The van der Waals surface area contributed by atoms with Gasteiger partial charge < -0.3 is 0 Å². The molecule has 15 heavy (non-hydrogen) atoms. The Labute approximate surface area is 92.5 Å². The number of carbonyl (C=O) groups excluding carboxylic acids is 1. The second-order valence-electron chi connectivity index (χ2n) is 4.16. The normalized spacial score (nSPS) is 10.3. The summed E-state index contributed by atoms with van der Waals surface area (Å²) in [5.74, 6) is 0.368. The van der Waals surface area contributed by atoms with Crippen LogP contribution in [0.5, 0.6) is 0 Å². The Kier molecular flexibility index (Phi) is 5.09. The SMILES string of the molecule is CCCCCC(=O)Cc1ccc(C)cc1. The first-order valence-corrected chi connectivity index (χ1v) is 5.79. The summed E-state index contributed by atoms with van der Waals surface area (Å²) in [6, 6.07) is 8.23. The molecule has 0 saturated heterocycles. The molecule has 0 unspecified atom stereocenters. The van der Waals surface area contributed by atoms with Crippen LogP contribution in [0.15, 0.2) is 24.3 Å². The molecule has 0 aromatic heterocycles. The van der Waals surface area contributed by atoms with Gasteiger partial charge in [-0.15, -0.1) is 0 Å². The molecule has 1 nitrogen and oxygen atoms in total. The molecule has 0 saturated carbocycles. The lowest BCUT2D eigenvalue weighted by Gasteiger charge is -2.01. The monoisotopic (exact) mass is 204 g/mol. The van der Waals surface area contributed by atoms with Gasteiger partial charge >= 0.3 is 0 Å². The van der Waals surface area contributed by atoms with Crippen LogP contribution in [0.2, 0.25) is 0 Å². The van der Waals surface area contributed by atoms with E-state index in [1.54, 1.807) is 0 Å². The summed E-state index contributed by atoms with van der Waals surface area (Å²) in [4.78, 5) is 11.6. The summed E-state index contributed by atoms with van der Waals surface area (Å²) >= 11 is 0. The van der Waals surface area contributed by atoms with E-state index in [-0.39, 0.29) is 0 Å². The summed E-state index contributed by atoms with van der Waals surface area (Å²) in [5, 5.41) is 0. The number of Topliss-reactive ketones (excluding diaryl/α,β-unsaturated/α-hetero) is 1. The molecule has 0 aliphatic carbocycles. The fourth-order valence-electron chi connectivity index (χ4n) is 1.59. The van der Waals surface area contributed by atoms with Crippen LogP contribution in [0.3, 0.4) is 0 Å². The second-order valence-corrected chi connectivity index (χ2v) is 4.16. The Hall–Kier alpha value is -1.11. The second kappa shape index (κ2) is 6.39. The number of benzene rings is 1. The molecule has 1 aromatic rings. The maximum atomic E-state index is 11.6. The molecule has 1 aromatic carbocycles. The highest BCUT2D eigenvalue weighted by molar-refractivity contribution is 5.80. The van der Waals surface area contributed by atoms with Crippen LogP contribution in [0.4, 0.5) is 0 Å². The number of carbonyl (C=O) groups is 1. The summed E-state index contributed by atoms with van der Waals surface area (Å²) in [7, 11) is 0. The van der Waals surface area contributed by atoms with Crippen molar-refractivity contribution in [1.29, 1.82) is 0 Å². The fourth-order valence-corrected chi connectivity index (χ4v) is 1.59. The van der Waals surface area contributed by atoms with Crippen molar-refractivity contribution < 1.29 is 4.79 Å². The molecule has 0 amide bonds. The van der Waals surface area contributed by atoms with Gasteiger partial charge in [-0.25, -0.2) is 0 Å². The first-order chi connectivity index (χ1) is 7.22. The summed E-state index contributed by atoms with van der Waals surface area (Å²) in [6.45, 7) is 4.22. The molecule has 0 radical (unpaired) electrons. The molecule has 0 fully saturated rings. The minimum absolute atomic E-state index is 0.368.